The summed E-state index contributed by atoms with van der Waals surface area (Å²) in [6.07, 6.45) is 2.02. The van der Waals surface area contributed by atoms with Gasteiger partial charge in [0.15, 0.2) is 0 Å². The molecule has 7 heteroatoms. The summed E-state index contributed by atoms with van der Waals surface area (Å²) in [6, 6.07) is 10.00. The van der Waals surface area contributed by atoms with E-state index in [1.54, 1.807) is 6.92 Å². The second kappa shape index (κ2) is 7.17. The third-order valence-electron chi connectivity index (χ3n) is 5.45. The van der Waals surface area contributed by atoms with E-state index in [1.807, 2.05) is 35.2 Å². The summed E-state index contributed by atoms with van der Waals surface area (Å²) < 4.78 is 5.55. The highest BCUT2D eigenvalue weighted by molar-refractivity contribution is 5.73. The molecule has 26 heavy (non-hydrogen) atoms. The lowest BCUT2D eigenvalue weighted by Gasteiger charge is -2.38. The van der Waals surface area contributed by atoms with E-state index >= 15 is 0 Å². The lowest BCUT2D eigenvalue weighted by Crippen LogP contribution is -2.46. The van der Waals surface area contributed by atoms with Crippen LogP contribution in [0.2, 0.25) is 0 Å². The molecular weight excluding hydrogens is 332 g/mol. The minimum Gasteiger partial charge on any atom is -0.392 e. The fraction of sp³-hybridized carbons (Fsp3) is 0.526. The molecule has 2 fully saturated rings. The Morgan fingerprint density at radius 2 is 1.96 bits per heavy atom. The number of carbonyl (C=O) groups excluding carboxylic acids is 1. The molecule has 7 nitrogen and oxygen atoms in total. The molecule has 2 aliphatic rings. The first-order valence-electron chi connectivity index (χ1n) is 9.20. The molecule has 2 atom stereocenters. The summed E-state index contributed by atoms with van der Waals surface area (Å²) in [6.45, 7) is 3.75. The van der Waals surface area contributed by atoms with Gasteiger partial charge in [-0.05, 0) is 19.3 Å². The number of likely N-dealkylation sites (tertiary alicyclic amines) is 2. The summed E-state index contributed by atoms with van der Waals surface area (Å²) in [5.74, 6) is 1.27. The number of piperidine rings is 1. The van der Waals surface area contributed by atoms with Gasteiger partial charge < -0.3 is 14.5 Å². The molecule has 1 aromatic heterocycles. The Bertz CT molecular complexity index is 755. The second-order valence-electron chi connectivity index (χ2n) is 7.16. The van der Waals surface area contributed by atoms with Crippen LogP contribution in [0, 0.1) is 0 Å². The average Bonchev–Trinajstić information content (AvgIpc) is 3.29. The van der Waals surface area contributed by atoms with Crippen LogP contribution in [-0.2, 0) is 4.79 Å². The number of hydrogen-bond acceptors (Lipinski definition) is 6. The molecular formula is C19H24N4O3. The van der Waals surface area contributed by atoms with Crippen LogP contribution in [0.15, 0.2) is 34.9 Å². The monoisotopic (exact) mass is 356 g/mol. The molecule has 2 unspecified atom stereocenters. The van der Waals surface area contributed by atoms with Crippen molar-refractivity contribution < 1.29 is 14.4 Å². The van der Waals surface area contributed by atoms with Crippen molar-refractivity contribution in [2.75, 3.05) is 19.6 Å². The van der Waals surface area contributed by atoms with Gasteiger partial charge in [-0.15, -0.1) is 0 Å². The molecule has 2 aliphatic heterocycles. The van der Waals surface area contributed by atoms with E-state index in [2.05, 4.69) is 15.0 Å². The Morgan fingerprint density at radius 3 is 2.65 bits per heavy atom. The van der Waals surface area contributed by atoms with Gasteiger partial charge in [0, 0.05) is 38.2 Å². The SMILES string of the molecule is CC(=O)N1CCC(N2CC(O)CC2c2nc(-c3ccccc3)no2)CC1. The molecule has 0 radical (unpaired) electrons. The Labute approximate surface area is 152 Å². The van der Waals surface area contributed by atoms with Crippen molar-refractivity contribution in [2.24, 2.45) is 0 Å². The number of aromatic nitrogens is 2. The summed E-state index contributed by atoms with van der Waals surface area (Å²) in [5.41, 5.74) is 0.919. The number of β-amino-alcohol motifs (C(OH)–C–C–N with tert-alkyl or cyclic N) is 1. The van der Waals surface area contributed by atoms with Gasteiger partial charge in [-0.3, -0.25) is 9.69 Å². The standard InChI is InChI=1S/C19H24N4O3/c1-13(24)22-9-7-15(8-10-22)23-12-16(25)11-17(23)19-20-18(21-26-19)14-5-3-2-4-6-14/h2-6,15-17,25H,7-12H2,1H3. The topological polar surface area (TPSA) is 82.7 Å². The highest BCUT2D eigenvalue weighted by atomic mass is 16.5. The van der Waals surface area contributed by atoms with E-state index < -0.39 is 6.10 Å². The van der Waals surface area contributed by atoms with Crippen LogP contribution in [0.1, 0.15) is 38.1 Å². The van der Waals surface area contributed by atoms with Gasteiger partial charge in [-0.2, -0.15) is 4.98 Å². The Hall–Kier alpha value is -2.25. The molecule has 4 rings (SSSR count). The Kier molecular flexibility index (Phi) is 4.74. The van der Waals surface area contributed by atoms with E-state index in [0.717, 1.165) is 31.5 Å². The zero-order valence-corrected chi connectivity index (χ0v) is 14.9. The third kappa shape index (κ3) is 3.37. The summed E-state index contributed by atoms with van der Waals surface area (Å²) in [7, 11) is 0. The zero-order chi connectivity index (χ0) is 18.1. The van der Waals surface area contributed by atoms with Gasteiger partial charge in [-0.1, -0.05) is 35.5 Å². The quantitative estimate of drug-likeness (QED) is 0.904. The van der Waals surface area contributed by atoms with Crippen LogP contribution in [0.3, 0.4) is 0 Å². The van der Waals surface area contributed by atoms with Crippen molar-refractivity contribution in [3.63, 3.8) is 0 Å². The van der Waals surface area contributed by atoms with Crippen molar-refractivity contribution in [3.8, 4) is 11.4 Å². The Balaban J connectivity index is 1.50. The van der Waals surface area contributed by atoms with Gasteiger partial charge in [0.05, 0.1) is 12.1 Å². The van der Waals surface area contributed by atoms with Crippen LogP contribution in [-0.4, -0.2) is 62.7 Å². The van der Waals surface area contributed by atoms with Crippen molar-refractivity contribution in [2.45, 2.75) is 44.4 Å². The maximum atomic E-state index is 11.5. The van der Waals surface area contributed by atoms with E-state index in [0.29, 0.717) is 30.7 Å². The molecule has 0 aliphatic carbocycles. The lowest BCUT2D eigenvalue weighted by atomic mass is 10.0. The zero-order valence-electron chi connectivity index (χ0n) is 14.9. The van der Waals surface area contributed by atoms with Crippen molar-refractivity contribution in [1.29, 1.82) is 0 Å². The molecule has 0 spiro atoms. The summed E-state index contributed by atoms with van der Waals surface area (Å²) >= 11 is 0. The number of aliphatic hydroxyl groups excluding tert-OH is 1. The largest absolute Gasteiger partial charge is 0.392 e. The highest BCUT2D eigenvalue weighted by Crippen LogP contribution is 2.36. The average molecular weight is 356 g/mol. The molecule has 1 amide bonds. The van der Waals surface area contributed by atoms with E-state index in [9.17, 15) is 9.90 Å². The smallest absolute Gasteiger partial charge is 0.244 e. The number of carbonyl (C=O) groups is 1. The lowest BCUT2D eigenvalue weighted by molar-refractivity contribution is -0.130. The minimum absolute atomic E-state index is 0.0659. The predicted octanol–water partition coefficient (Wildman–Crippen LogP) is 1.86. The predicted molar refractivity (Wildman–Crippen MR) is 95.1 cm³/mol. The van der Waals surface area contributed by atoms with Crippen LogP contribution in [0.4, 0.5) is 0 Å². The number of aliphatic hydroxyl groups is 1. The first-order valence-corrected chi connectivity index (χ1v) is 9.20. The summed E-state index contributed by atoms with van der Waals surface area (Å²) in [4.78, 5) is 20.3. The van der Waals surface area contributed by atoms with Crippen LogP contribution < -0.4 is 0 Å². The number of amides is 1. The van der Waals surface area contributed by atoms with E-state index in [1.165, 1.54) is 0 Å². The van der Waals surface area contributed by atoms with Gasteiger partial charge in [0.1, 0.15) is 0 Å². The number of benzene rings is 1. The van der Waals surface area contributed by atoms with Crippen molar-refractivity contribution in [3.05, 3.63) is 36.2 Å². The van der Waals surface area contributed by atoms with Gasteiger partial charge >= 0.3 is 0 Å². The van der Waals surface area contributed by atoms with Crippen LogP contribution in [0.25, 0.3) is 11.4 Å². The highest BCUT2D eigenvalue weighted by Gasteiger charge is 2.40. The normalized spacial score (nSPS) is 24.9. The molecule has 0 saturated carbocycles. The minimum atomic E-state index is -0.391. The van der Waals surface area contributed by atoms with E-state index in [4.69, 9.17) is 4.52 Å². The fourth-order valence-corrected chi connectivity index (χ4v) is 4.07. The molecule has 0 bridgehead atoms. The van der Waals surface area contributed by atoms with Gasteiger partial charge in [-0.25, -0.2) is 0 Å². The second-order valence-corrected chi connectivity index (χ2v) is 7.16. The van der Waals surface area contributed by atoms with Crippen LogP contribution in [0.5, 0.6) is 0 Å². The van der Waals surface area contributed by atoms with E-state index in [-0.39, 0.29) is 11.9 Å². The van der Waals surface area contributed by atoms with Crippen molar-refractivity contribution in [1.82, 2.24) is 19.9 Å². The maximum absolute atomic E-state index is 11.5. The number of hydrogen-bond donors (Lipinski definition) is 1. The molecule has 3 heterocycles. The van der Waals surface area contributed by atoms with Gasteiger partial charge in [0.2, 0.25) is 17.6 Å². The van der Waals surface area contributed by atoms with Crippen molar-refractivity contribution >= 4 is 5.91 Å². The first kappa shape index (κ1) is 17.2. The van der Waals surface area contributed by atoms with Gasteiger partial charge in [0.25, 0.3) is 0 Å². The molecule has 1 N–H and O–H groups in total. The molecule has 2 saturated heterocycles. The first-order chi connectivity index (χ1) is 12.6. The summed E-state index contributed by atoms with van der Waals surface area (Å²) in [5, 5.41) is 14.4. The molecule has 1 aromatic carbocycles. The maximum Gasteiger partial charge on any atom is 0.244 e. The third-order valence-corrected chi connectivity index (χ3v) is 5.45. The molecule has 2 aromatic rings. The van der Waals surface area contributed by atoms with Crippen LogP contribution >= 0.6 is 0 Å². The molecule has 138 valence electrons. The Morgan fingerprint density at radius 1 is 1.23 bits per heavy atom. The number of rotatable bonds is 3. The fourth-order valence-electron chi connectivity index (χ4n) is 4.07. The number of nitrogens with zero attached hydrogens (tertiary/aromatic N) is 4.